The predicted molar refractivity (Wildman–Crippen MR) is 57.1 cm³/mol. The van der Waals surface area contributed by atoms with Crippen LogP contribution in [0.2, 0.25) is 0 Å². The van der Waals surface area contributed by atoms with Crippen molar-refractivity contribution in [1.82, 2.24) is 10.2 Å². The number of hydrogen-bond donors (Lipinski definition) is 1. The zero-order valence-electron chi connectivity index (χ0n) is 9.07. The van der Waals surface area contributed by atoms with Gasteiger partial charge in [-0.15, -0.1) is 0 Å². The van der Waals surface area contributed by atoms with E-state index < -0.39 is 0 Å². The molecular formula is C11H15N2O3. The molecule has 1 radical (unpaired) electrons. The first kappa shape index (κ1) is 11.2. The minimum absolute atomic E-state index is 0.186. The second kappa shape index (κ2) is 5.67. The van der Waals surface area contributed by atoms with Crippen LogP contribution in [0.1, 0.15) is 10.6 Å². The summed E-state index contributed by atoms with van der Waals surface area (Å²) >= 11 is 0. The SMILES string of the molecule is O=C(NCCN1CCOCC1)c1cc[c]o1. The third-order valence-electron chi connectivity index (χ3n) is 2.51. The number of morpholine rings is 1. The van der Waals surface area contributed by atoms with E-state index in [0.29, 0.717) is 12.3 Å². The van der Waals surface area contributed by atoms with Gasteiger partial charge in [0.15, 0.2) is 12.0 Å². The normalized spacial score (nSPS) is 17.2. The lowest BCUT2D eigenvalue weighted by Gasteiger charge is -2.26. The number of rotatable bonds is 4. The van der Waals surface area contributed by atoms with Crippen molar-refractivity contribution in [3.63, 3.8) is 0 Å². The summed E-state index contributed by atoms with van der Waals surface area (Å²) in [6.07, 6.45) is 2.49. The van der Waals surface area contributed by atoms with Crippen LogP contribution in [0.3, 0.4) is 0 Å². The third kappa shape index (κ3) is 3.08. The molecular weight excluding hydrogens is 208 g/mol. The zero-order valence-corrected chi connectivity index (χ0v) is 9.07. The van der Waals surface area contributed by atoms with Crippen molar-refractivity contribution in [3.05, 3.63) is 24.2 Å². The van der Waals surface area contributed by atoms with Crippen LogP contribution in [0.4, 0.5) is 0 Å². The Kier molecular flexibility index (Phi) is 3.96. The molecule has 87 valence electrons. The molecule has 0 aromatic carbocycles. The molecule has 16 heavy (non-hydrogen) atoms. The maximum Gasteiger partial charge on any atom is 0.287 e. The molecule has 0 unspecified atom stereocenters. The van der Waals surface area contributed by atoms with Crippen molar-refractivity contribution < 1.29 is 13.9 Å². The van der Waals surface area contributed by atoms with Crippen molar-refractivity contribution in [2.24, 2.45) is 0 Å². The Morgan fingerprint density at radius 2 is 2.31 bits per heavy atom. The molecule has 1 aliphatic rings. The Morgan fingerprint density at radius 1 is 1.50 bits per heavy atom. The maximum absolute atomic E-state index is 11.5. The fourth-order valence-corrected chi connectivity index (χ4v) is 1.60. The predicted octanol–water partition coefficient (Wildman–Crippen LogP) is 0.142. The first-order chi connectivity index (χ1) is 7.86. The molecule has 0 aliphatic carbocycles. The van der Waals surface area contributed by atoms with E-state index in [0.717, 1.165) is 32.8 Å². The minimum Gasteiger partial charge on any atom is -0.448 e. The summed E-state index contributed by atoms with van der Waals surface area (Å²) < 4.78 is 10.1. The highest BCUT2D eigenvalue weighted by Gasteiger charge is 2.11. The fourth-order valence-electron chi connectivity index (χ4n) is 1.60. The number of nitrogens with one attached hydrogen (secondary N) is 1. The average molecular weight is 223 g/mol. The van der Waals surface area contributed by atoms with Crippen LogP contribution >= 0.6 is 0 Å². The molecule has 0 spiro atoms. The van der Waals surface area contributed by atoms with Crippen LogP contribution in [0.15, 0.2) is 16.5 Å². The molecule has 0 atom stereocenters. The van der Waals surface area contributed by atoms with E-state index in [9.17, 15) is 4.79 Å². The van der Waals surface area contributed by atoms with Crippen LogP contribution in [0.25, 0.3) is 0 Å². The van der Waals surface area contributed by atoms with Crippen LogP contribution in [0, 0.1) is 6.26 Å². The highest BCUT2D eigenvalue weighted by Crippen LogP contribution is 1.98. The second-order valence-electron chi connectivity index (χ2n) is 3.63. The van der Waals surface area contributed by atoms with Gasteiger partial charge < -0.3 is 14.5 Å². The van der Waals surface area contributed by atoms with Gasteiger partial charge in [0.25, 0.3) is 5.91 Å². The Balaban J connectivity index is 1.66. The van der Waals surface area contributed by atoms with E-state index >= 15 is 0 Å². The zero-order chi connectivity index (χ0) is 11.2. The topological polar surface area (TPSA) is 54.7 Å². The van der Waals surface area contributed by atoms with Gasteiger partial charge in [0.1, 0.15) is 0 Å². The molecule has 0 saturated carbocycles. The number of amides is 1. The van der Waals surface area contributed by atoms with Gasteiger partial charge >= 0.3 is 0 Å². The Morgan fingerprint density at radius 3 is 3.00 bits per heavy atom. The Bertz CT molecular complexity index is 318. The van der Waals surface area contributed by atoms with E-state index in [1.807, 2.05) is 0 Å². The van der Waals surface area contributed by atoms with Crippen LogP contribution in [-0.2, 0) is 4.74 Å². The van der Waals surface area contributed by atoms with Gasteiger partial charge in [-0.05, 0) is 12.1 Å². The van der Waals surface area contributed by atoms with E-state index in [1.165, 1.54) is 0 Å². The van der Waals surface area contributed by atoms with Gasteiger partial charge in [-0.25, -0.2) is 0 Å². The van der Waals surface area contributed by atoms with Gasteiger partial charge in [0.2, 0.25) is 0 Å². The molecule has 1 aliphatic heterocycles. The monoisotopic (exact) mass is 223 g/mol. The average Bonchev–Trinajstić information content (AvgIpc) is 2.84. The van der Waals surface area contributed by atoms with Crippen LogP contribution in [-0.4, -0.2) is 50.2 Å². The van der Waals surface area contributed by atoms with E-state index in [4.69, 9.17) is 9.15 Å². The smallest absolute Gasteiger partial charge is 0.287 e. The van der Waals surface area contributed by atoms with Crippen molar-refractivity contribution in [1.29, 1.82) is 0 Å². The summed E-state index contributed by atoms with van der Waals surface area (Å²) in [5.41, 5.74) is 0. The number of nitrogens with zero attached hydrogens (tertiary/aromatic N) is 1. The van der Waals surface area contributed by atoms with Crippen molar-refractivity contribution in [2.45, 2.75) is 0 Å². The summed E-state index contributed by atoms with van der Waals surface area (Å²) in [6.45, 7) is 4.90. The van der Waals surface area contributed by atoms with E-state index in [1.54, 1.807) is 12.1 Å². The quantitative estimate of drug-likeness (QED) is 0.789. The highest BCUT2D eigenvalue weighted by atomic mass is 16.5. The van der Waals surface area contributed by atoms with Crippen LogP contribution in [0.5, 0.6) is 0 Å². The van der Waals surface area contributed by atoms with Crippen molar-refractivity contribution in [3.8, 4) is 0 Å². The van der Waals surface area contributed by atoms with Gasteiger partial charge in [0.05, 0.1) is 13.2 Å². The molecule has 0 bridgehead atoms. The molecule has 1 amide bonds. The summed E-state index contributed by atoms with van der Waals surface area (Å²) in [5.74, 6) is 0.122. The van der Waals surface area contributed by atoms with Gasteiger partial charge in [0, 0.05) is 26.2 Å². The Hall–Kier alpha value is -1.33. The summed E-state index contributed by atoms with van der Waals surface area (Å²) in [4.78, 5) is 13.7. The maximum atomic E-state index is 11.5. The first-order valence-corrected chi connectivity index (χ1v) is 5.40. The summed E-state index contributed by atoms with van der Waals surface area (Å²) in [7, 11) is 0. The molecule has 1 fully saturated rings. The highest BCUT2D eigenvalue weighted by molar-refractivity contribution is 5.91. The molecule has 5 nitrogen and oxygen atoms in total. The molecule has 2 heterocycles. The molecule has 1 N–H and O–H groups in total. The lowest BCUT2D eigenvalue weighted by Crippen LogP contribution is -2.41. The molecule has 2 rings (SSSR count). The molecule has 1 saturated heterocycles. The van der Waals surface area contributed by atoms with E-state index in [-0.39, 0.29) is 5.91 Å². The van der Waals surface area contributed by atoms with Crippen molar-refractivity contribution >= 4 is 5.91 Å². The molecule has 1 aromatic rings. The molecule has 5 heteroatoms. The number of carbonyl (C=O) groups is 1. The lowest BCUT2D eigenvalue weighted by atomic mass is 10.4. The van der Waals surface area contributed by atoms with Gasteiger partial charge in [-0.2, -0.15) is 0 Å². The van der Waals surface area contributed by atoms with Crippen LogP contribution < -0.4 is 5.32 Å². The Labute approximate surface area is 94.4 Å². The second-order valence-corrected chi connectivity index (χ2v) is 3.63. The fraction of sp³-hybridized carbons (Fsp3) is 0.545. The van der Waals surface area contributed by atoms with E-state index in [2.05, 4.69) is 16.5 Å². The van der Waals surface area contributed by atoms with Gasteiger partial charge in [-0.3, -0.25) is 9.69 Å². The lowest BCUT2D eigenvalue weighted by molar-refractivity contribution is 0.0382. The third-order valence-corrected chi connectivity index (χ3v) is 2.51. The summed E-state index contributed by atoms with van der Waals surface area (Å²) in [5, 5.41) is 2.80. The minimum atomic E-state index is -0.186. The number of furan rings is 1. The molecule has 1 aromatic heterocycles. The van der Waals surface area contributed by atoms with Crippen molar-refractivity contribution in [2.75, 3.05) is 39.4 Å². The first-order valence-electron chi connectivity index (χ1n) is 5.40. The summed E-state index contributed by atoms with van der Waals surface area (Å²) in [6, 6.07) is 3.18. The number of carbonyl (C=O) groups excluding carboxylic acids is 1. The van der Waals surface area contributed by atoms with Gasteiger partial charge in [-0.1, -0.05) is 0 Å². The largest absolute Gasteiger partial charge is 0.448 e. The standard InChI is InChI=1S/C11H15N2O3/c14-11(10-2-1-7-16-10)12-3-4-13-5-8-15-9-6-13/h1-2H,3-6,8-9H2,(H,12,14). The number of hydrogen-bond acceptors (Lipinski definition) is 4. The number of ether oxygens (including phenoxy) is 1.